The second-order valence-electron chi connectivity index (χ2n) is 7.19. The van der Waals surface area contributed by atoms with Crippen molar-refractivity contribution in [3.63, 3.8) is 0 Å². The summed E-state index contributed by atoms with van der Waals surface area (Å²) in [5, 5.41) is 3.54. The van der Waals surface area contributed by atoms with Gasteiger partial charge in [0.25, 0.3) is 0 Å². The van der Waals surface area contributed by atoms with Crippen LogP contribution in [0.4, 0.5) is 5.69 Å². The highest BCUT2D eigenvalue weighted by Gasteiger charge is 2.35. The largest absolute Gasteiger partial charge is 0.399 e. The molecule has 2 atom stereocenters. The number of rotatable bonds is 6. The van der Waals surface area contributed by atoms with Crippen LogP contribution in [0, 0.1) is 17.3 Å². The summed E-state index contributed by atoms with van der Waals surface area (Å²) in [5.41, 5.74) is 8.50. The van der Waals surface area contributed by atoms with Crippen LogP contribution in [0.25, 0.3) is 0 Å². The molecule has 0 aromatic heterocycles. The minimum Gasteiger partial charge on any atom is -0.399 e. The van der Waals surface area contributed by atoms with E-state index in [0.29, 0.717) is 5.41 Å². The summed E-state index contributed by atoms with van der Waals surface area (Å²) in [6, 6.07) is 8.47. The van der Waals surface area contributed by atoms with Gasteiger partial charge in [-0.2, -0.15) is 0 Å². The summed E-state index contributed by atoms with van der Waals surface area (Å²) in [6.07, 6.45) is 5.14. The van der Waals surface area contributed by atoms with Gasteiger partial charge in [-0.3, -0.25) is 0 Å². The van der Waals surface area contributed by atoms with Crippen LogP contribution in [0.15, 0.2) is 24.3 Å². The maximum atomic E-state index is 5.80. The molecule has 3 N–H and O–H groups in total. The highest BCUT2D eigenvalue weighted by atomic mass is 14.9. The van der Waals surface area contributed by atoms with Crippen LogP contribution in [-0.4, -0.2) is 13.1 Å². The predicted octanol–water partition coefficient (Wildman–Crippen LogP) is 3.86. The first kappa shape index (κ1) is 15.4. The number of nitrogen functional groups attached to an aromatic ring is 1. The standard InChI is InChI=1S/C18H30N2/c1-14(2)8-10-18(3,16-9-11-20-13-16)12-15-4-6-17(19)7-5-15/h4-7,14,16,20H,8-13,19H2,1-3H3. The summed E-state index contributed by atoms with van der Waals surface area (Å²) < 4.78 is 0. The van der Waals surface area contributed by atoms with Crippen molar-refractivity contribution in [2.24, 2.45) is 17.3 Å². The molecule has 1 fully saturated rings. The summed E-state index contributed by atoms with van der Waals surface area (Å²) in [7, 11) is 0. The third-order valence-electron chi connectivity index (χ3n) is 4.93. The molecule has 2 heteroatoms. The predicted molar refractivity (Wildman–Crippen MR) is 87.7 cm³/mol. The Labute approximate surface area is 124 Å². The molecule has 1 aromatic carbocycles. The average Bonchev–Trinajstić information content (AvgIpc) is 2.94. The third-order valence-corrected chi connectivity index (χ3v) is 4.93. The molecule has 0 amide bonds. The number of hydrogen-bond donors (Lipinski definition) is 2. The van der Waals surface area contributed by atoms with Crippen molar-refractivity contribution in [2.45, 2.75) is 46.5 Å². The highest BCUT2D eigenvalue weighted by Crippen LogP contribution is 2.40. The van der Waals surface area contributed by atoms with Crippen molar-refractivity contribution < 1.29 is 0 Å². The molecule has 20 heavy (non-hydrogen) atoms. The van der Waals surface area contributed by atoms with Crippen molar-refractivity contribution in [1.82, 2.24) is 5.32 Å². The first-order chi connectivity index (χ1) is 9.49. The Morgan fingerprint density at radius 2 is 2.00 bits per heavy atom. The van der Waals surface area contributed by atoms with Crippen LogP contribution in [0.5, 0.6) is 0 Å². The molecule has 2 unspecified atom stereocenters. The lowest BCUT2D eigenvalue weighted by Gasteiger charge is -2.36. The highest BCUT2D eigenvalue weighted by molar-refractivity contribution is 5.39. The smallest absolute Gasteiger partial charge is 0.0314 e. The summed E-state index contributed by atoms with van der Waals surface area (Å²) in [4.78, 5) is 0. The Morgan fingerprint density at radius 3 is 2.55 bits per heavy atom. The fraction of sp³-hybridized carbons (Fsp3) is 0.667. The van der Waals surface area contributed by atoms with Crippen molar-refractivity contribution in [1.29, 1.82) is 0 Å². The minimum absolute atomic E-state index is 0.407. The van der Waals surface area contributed by atoms with E-state index in [1.54, 1.807) is 0 Å². The van der Waals surface area contributed by atoms with Crippen molar-refractivity contribution in [3.05, 3.63) is 29.8 Å². The van der Waals surface area contributed by atoms with Gasteiger partial charge in [0.1, 0.15) is 0 Å². The van der Waals surface area contributed by atoms with Crippen LogP contribution < -0.4 is 11.1 Å². The second kappa shape index (κ2) is 6.62. The summed E-state index contributed by atoms with van der Waals surface area (Å²) >= 11 is 0. The van der Waals surface area contributed by atoms with Crippen LogP contribution in [0.2, 0.25) is 0 Å². The molecule has 0 radical (unpaired) electrons. The number of nitrogens with two attached hydrogens (primary N) is 1. The number of benzene rings is 1. The van der Waals surface area contributed by atoms with Gasteiger partial charge in [0.05, 0.1) is 0 Å². The second-order valence-corrected chi connectivity index (χ2v) is 7.19. The SMILES string of the molecule is CC(C)CCC(C)(Cc1ccc(N)cc1)C1CCNC1. The molecule has 1 aliphatic heterocycles. The first-order valence-corrected chi connectivity index (χ1v) is 8.05. The van der Waals surface area contributed by atoms with Crippen LogP contribution in [-0.2, 0) is 6.42 Å². The third kappa shape index (κ3) is 3.99. The lowest BCUT2D eigenvalue weighted by atomic mass is 9.68. The van der Waals surface area contributed by atoms with Crippen molar-refractivity contribution >= 4 is 5.69 Å². The maximum Gasteiger partial charge on any atom is 0.0314 e. The molecule has 1 aliphatic rings. The van der Waals surface area contributed by atoms with E-state index in [-0.39, 0.29) is 0 Å². The van der Waals surface area contributed by atoms with E-state index in [1.165, 1.54) is 44.3 Å². The molecule has 0 spiro atoms. The molecule has 0 saturated carbocycles. The molecule has 112 valence electrons. The van der Waals surface area contributed by atoms with E-state index >= 15 is 0 Å². The minimum atomic E-state index is 0.407. The summed E-state index contributed by atoms with van der Waals surface area (Å²) in [5.74, 6) is 1.59. The van der Waals surface area contributed by atoms with Crippen LogP contribution in [0.1, 0.15) is 45.6 Å². The van der Waals surface area contributed by atoms with E-state index in [0.717, 1.165) is 17.5 Å². The van der Waals surface area contributed by atoms with Gasteiger partial charge in [-0.05, 0) is 67.3 Å². The van der Waals surface area contributed by atoms with Gasteiger partial charge in [-0.1, -0.05) is 39.3 Å². The molecule has 1 saturated heterocycles. The van der Waals surface area contributed by atoms with Crippen LogP contribution in [0.3, 0.4) is 0 Å². The number of hydrogen-bond acceptors (Lipinski definition) is 2. The van der Waals surface area contributed by atoms with E-state index in [1.807, 2.05) is 12.1 Å². The molecular weight excluding hydrogens is 244 g/mol. The molecule has 2 nitrogen and oxygen atoms in total. The monoisotopic (exact) mass is 274 g/mol. The number of nitrogens with one attached hydrogen (secondary N) is 1. The van der Waals surface area contributed by atoms with Crippen molar-refractivity contribution in [3.8, 4) is 0 Å². The van der Waals surface area contributed by atoms with Crippen molar-refractivity contribution in [2.75, 3.05) is 18.8 Å². The molecule has 1 heterocycles. The first-order valence-electron chi connectivity index (χ1n) is 8.05. The van der Waals surface area contributed by atoms with Gasteiger partial charge in [0.2, 0.25) is 0 Å². The van der Waals surface area contributed by atoms with E-state index in [4.69, 9.17) is 5.73 Å². The maximum absolute atomic E-state index is 5.80. The molecule has 0 aliphatic carbocycles. The van der Waals surface area contributed by atoms with Gasteiger partial charge in [0.15, 0.2) is 0 Å². The topological polar surface area (TPSA) is 38.0 Å². The average molecular weight is 274 g/mol. The van der Waals surface area contributed by atoms with Gasteiger partial charge in [-0.25, -0.2) is 0 Å². The molecular formula is C18H30N2. The van der Waals surface area contributed by atoms with E-state index in [9.17, 15) is 0 Å². The van der Waals surface area contributed by atoms with E-state index in [2.05, 4.69) is 38.2 Å². The fourth-order valence-electron chi connectivity index (χ4n) is 3.41. The zero-order chi connectivity index (χ0) is 14.6. The molecule has 2 rings (SSSR count). The van der Waals surface area contributed by atoms with Gasteiger partial charge >= 0.3 is 0 Å². The zero-order valence-corrected chi connectivity index (χ0v) is 13.3. The lowest BCUT2D eigenvalue weighted by Crippen LogP contribution is -2.32. The number of anilines is 1. The lowest BCUT2D eigenvalue weighted by molar-refractivity contribution is 0.169. The van der Waals surface area contributed by atoms with Gasteiger partial charge in [-0.15, -0.1) is 0 Å². The summed E-state index contributed by atoms with van der Waals surface area (Å²) in [6.45, 7) is 9.52. The Hall–Kier alpha value is -1.02. The van der Waals surface area contributed by atoms with Gasteiger partial charge in [0, 0.05) is 5.69 Å². The van der Waals surface area contributed by atoms with Crippen LogP contribution >= 0.6 is 0 Å². The Balaban J connectivity index is 2.10. The Kier molecular flexibility index (Phi) is 5.09. The molecule has 1 aromatic rings. The molecule has 0 bridgehead atoms. The fourth-order valence-corrected chi connectivity index (χ4v) is 3.41. The zero-order valence-electron chi connectivity index (χ0n) is 13.3. The van der Waals surface area contributed by atoms with E-state index < -0.39 is 0 Å². The Morgan fingerprint density at radius 1 is 1.30 bits per heavy atom. The quantitative estimate of drug-likeness (QED) is 0.773. The normalized spacial score (nSPS) is 22.1. The van der Waals surface area contributed by atoms with Gasteiger partial charge < -0.3 is 11.1 Å². The Bertz CT molecular complexity index is 404.